The van der Waals surface area contributed by atoms with Gasteiger partial charge in [0.05, 0.1) is 5.71 Å². The fourth-order valence-corrected chi connectivity index (χ4v) is 2.54. The van der Waals surface area contributed by atoms with Crippen molar-refractivity contribution in [2.24, 2.45) is 5.10 Å². The number of para-hydroxylation sites is 2. The molecule has 5 heteroatoms. The fourth-order valence-electron chi connectivity index (χ4n) is 2.38. The van der Waals surface area contributed by atoms with Crippen LogP contribution in [0.4, 0.5) is 11.4 Å². The van der Waals surface area contributed by atoms with Gasteiger partial charge in [0.15, 0.2) is 5.11 Å². The smallest absolute Gasteiger partial charge is 0.191 e. The number of hydrazone groups is 1. The van der Waals surface area contributed by atoms with Gasteiger partial charge in [-0.2, -0.15) is 5.10 Å². The largest absolute Gasteiger partial charge is 0.398 e. The van der Waals surface area contributed by atoms with Gasteiger partial charge in [0, 0.05) is 22.5 Å². The molecule has 0 radical (unpaired) electrons. The van der Waals surface area contributed by atoms with E-state index in [9.17, 15) is 0 Å². The Morgan fingerprint density at radius 3 is 2.08 bits per heavy atom. The Kier molecular flexibility index (Phi) is 5.39. The number of nitrogen functional groups attached to an aromatic ring is 1. The van der Waals surface area contributed by atoms with Gasteiger partial charge in [0.2, 0.25) is 0 Å². The van der Waals surface area contributed by atoms with E-state index in [1.54, 1.807) is 0 Å². The summed E-state index contributed by atoms with van der Waals surface area (Å²) < 4.78 is 0. The topological polar surface area (TPSA) is 62.4 Å². The van der Waals surface area contributed by atoms with Gasteiger partial charge in [-0.05, 0) is 30.4 Å². The summed E-state index contributed by atoms with van der Waals surface area (Å²) in [4.78, 5) is 0. The number of anilines is 2. The molecular weight excluding hydrogens is 328 g/mol. The fraction of sp³-hybridized carbons (Fsp3) is 0. The molecule has 25 heavy (non-hydrogen) atoms. The highest BCUT2D eigenvalue weighted by molar-refractivity contribution is 7.80. The molecule has 0 atom stereocenters. The third-order valence-electron chi connectivity index (χ3n) is 3.56. The van der Waals surface area contributed by atoms with E-state index in [1.807, 2.05) is 84.9 Å². The van der Waals surface area contributed by atoms with Crippen LogP contribution < -0.4 is 16.5 Å². The van der Waals surface area contributed by atoms with Crippen LogP contribution in [0.3, 0.4) is 0 Å². The van der Waals surface area contributed by atoms with Gasteiger partial charge >= 0.3 is 0 Å². The zero-order chi connectivity index (χ0) is 17.5. The molecule has 0 aliphatic rings. The second kappa shape index (κ2) is 8.08. The van der Waals surface area contributed by atoms with E-state index in [4.69, 9.17) is 18.0 Å². The molecule has 0 heterocycles. The van der Waals surface area contributed by atoms with Crippen LogP contribution in [-0.4, -0.2) is 10.8 Å². The lowest BCUT2D eigenvalue weighted by Gasteiger charge is -2.12. The maximum absolute atomic E-state index is 6.13. The predicted octanol–water partition coefficient (Wildman–Crippen LogP) is 4.01. The Hall–Kier alpha value is -3.18. The summed E-state index contributed by atoms with van der Waals surface area (Å²) in [5.41, 5.74) is 13.1. The Morgan fingerprint density at radius 1 is 0.800 bits per heavy atom. The number of thiocarbonyl (C=S) groups is 1. The summed E-state index contributed by atoms with van der Waals surface area (Å²) in [6, 6.07) is 27.2. The van der Waals surface area contributed by atoms with Gasteiger partial charge < -0.3 is 11.1 Å². The molecule has 0 spiro atoms. The molecule has 4 N–H and O–H groups in total. The van der Waals surface area contributed by atoms with Gasteiger partial charge in [0.1, 0.15) is 0 Å². The van der Waals surface area contributed by atoms with Crippen molar-refractivity contribution in [2.75, 3.05) is 11.1 Å². The second-order valence-corrected chi connectivity index (χ2v) is 5.75. The van der Waals surface area contributed by atoms with Crippen LogP contribution in [0.15, 0.2) is 90.0 Å². The van der Waals surface area contributed by atoms with Crippen LogP contribution >= 0.6 is 12.2 Å². The predicted molar refractivity (Wildman–Crippen MR) is 109 cm³/mol. The number of nitrogens with two attached hydrogens (primary N) is 1. The molecule has 0 bridgehead atoms. The Morgan fingerprint density at radius 2 is 1.40 bits per heavy atom. The van der Waals surface area contributed by atoms with Crippen molar-refractivity contribution < 1.29 is 0 Å². The molecule has 124 valence electrons. The first-order valence-electron chi connectivity index (χ1n) is 7.84. The highest BCUT2D eigenvalue weighted by Crippen LogP contribution is 2.17. The summed E-state index contributed by atoms with van der Waals surface area (Å²) in [6.45, 7) is 0. The van der Waals surface area contributed by atoms with Crippen molar-refractivity contribution in [3.8, 4) is 0 Å². The molecule has 3 aromatic rings. The maximum atomic E-state index is 6.13. The highest BCUT2D eigenvalue weighted by atomic mass is 32.1. The van der Waals surface area contributed by atoms with Crippen LogP contribution in [-0.2, 0) is 0 Å². The lowest BCUT2D eigenvalue weighted by atomic mass is 10.0. The van der Waals surface area contributed by atoms with E-state index in [0.29, 0.717) is 10.8 Å². The zero-order valence-electron chi connectivity index (χ0n) is 13.5. The zero-order valence-corrected chi connectivity index (χ0v) is 14.3. The first kappa shape index (κ1) is 16.7. The molecule has 0 amide bonds. The van der Waals surface area contributed by atoms with Gasteiger partial charge in [-0.3, -0.25) is 5.43 Å². The summed E-state index contributed by atoms with van der Waals surface area (Å²) in [6.07, 6.45) is 0. The normalized spacial score (nSPS) is 11.0. The second-order valence-electron chi connectivity index (χ2n) is 5.35. The minimum atomic E-state index is 0.411. The standard InChI is InChI=1S/C20H18N4S/c21-18-14-8-7-13-17(18)19(15-9-3-1-4-10-15)23-24-20(25)22-16-11-5-2-6-12-16/h1-14H,21H2,(H2,22,24,25)/b23-19-. The van der Waals surface area contributed by atoms with E-state index in [-0.39, 0.29) is 0 Å². The van der Waals surface area contributed by atoms with Crippen LogP contribution in [0.5, 0.6) is 0 Å². The molecule has 0 saturated carbocycles. The van der Waals surface area contributed by atoms with E-state index in [0.717, 1.165) is 22.5 Å². The monoisotopic (exact) mass is 346 g/mol. The van der Waals surface area contributed by atoms with Gasteiger partial charge in [-0.25, -0.2) is 0 Å². The molecule has 3 rings (SSSR count). The van der Waals surface area contributed by atoms with Gasteiger partial charge in [0.25, 0.3) is 0 Å². The molecule has 0 fully saturated rings. The summed E-state index contributed by atoms with van der Waals surface area (Å²) in [5.74, 6) is 0. The molecule has 3 aromatic carbocycles. The number of benzene rings is 3. The average molecular weight is 346 g/mol. The molecule has 0 aromatic heterocycles. The Labute approximate surface area is 152 Å². The van der Waals surface area contributed by atoms with E-state index >= 15 is 0 Å². The van der Waals surface area contributed by atoms with Crippen molar-refractivity contribution in [2.45, 2.75) is 0 Å². The molecule has 0 aliphatic carbocycles. The summed E-state index contributed by atoms with van der Waals surface area (Å²) in [5, 5.41) is 8.01. The minimum Gasteiger partial charge on any atom is -0.398 e. The summed E-state index contributed by atoms with van der Waals surface area (Å²) in [7, 11) is 0. The number of nitrogens with zero attached hydrogens (tertiary/aromatic N) is 1. The van der Waals surface area contributed by atoms with Crippen molar-refractivity contribution in [3.05, 3.63) is 96.1 Å². The van der Waals surface area contributed by atoms with Gasteiger partial charge in [-0.15, -0.1) is 0 Å². The number of hydrogen-bond acceptors (Lipinski definition) is 3. The minimum absolute atomic E-state index is 0.411. The summed E-state index contributed by atoms with van der Waals surface area (Å²) >= 11 is 5.33. The third kappa shape index (κ3) is 4.43. The van der Waals surface area contributed by atoms with Gasteiger partial charge in [-0.1, -0.05) is 66.7 Å². The molecule has 4 nitrogen and oxygen atoms in total. The van der Waals surface area contributed by atoms with Crippen molar-refractivity contribution in [3.63, 3.8) is 0 Å². The highest BCUT2D eigenvalue weighted by Gasteiger charge is 2.10. The Balaban J connectivity index is 1.86. The number of hydrogen-bond donors (Lipinski definition) is 3. The third-order valence-corrected chi connectivity index (χ3v) is 3.76. The van der Waals surface area contributed by atoms with Crippen LogP contribution in [0.25, 0.3) is 0 Å². The lowest BCUT2D eigenvalue weighted by molar-refractivity contribution is 1.04. The first-order valence-corrected chi connectivity index (χ1v) is 8.25. The van der Waals surface area contributed by atoms with Crippen LogP contribution in [0, 0.1) is 0 Å². The maximum Gasteiger partial charge on any atom is 0.191 e. The van der Waals surface area contributed by atoms with Crippen molar-refractivity contribution in [1.82, 2.24) is 5.43 Å². The Bertz CT molecular complexity index is 876. The van der Waals surface area contributed by atoms with Crippen LogP contribution in [0.1, 0.15) is 11.1 Å². The van der Waals surface area contributed by atoms with Crippen LogP contribution in [0.2, 0.25) is 0 Å². The number of rotatable bonds is 4. The first-order chi connectivity index (χ1) is 12.2. The van der Waals surface area contributed by atoms with E-state index < -0.39 is 0 Å². The van der Waals surface area contributed by atoms with Crippen molar-refractivity contribution in [1.29, 1.82) is 0 Å². The lowest BCUT2D eigenvalue weighted by Crippen LogP contribution is -2.25. The van der Waals surface area contributed by atoms with E-state index in [1.165, 1.54) is 0 Å². The van der Waals surface area contributed by atoms with E-state index in [2.05, 4.69) is 15.8 Å². The average Bonchev–Trinajstić information content (AvgIpc) is 2.65. The quantitative estimate of drug-likeness (QED) is 0.289. The molecule has 0 aliphatic heterocycles. The number of nitrogens with one attached hydrogen (secondary N) is 2. The van der Waals surface area contributed by atoms with Crippen molar-refractivity contribution >= 4 is 34.4 Å². The molecule has 0 saturated heterocycles. The molecule has 0 unspecified atom stereocenters. The molecular formula is C20H18N4S. The SMILES string of the molecule is Nc1ccccc1/C(=N\NC(=S)Nc1ccccc1)c1ccccc1.